The maximum absolute atomic E-state index is 12.6. The number of para-hydroxylation sites is 1. The molecule has 3 aromatic rings. The lowest BCUT2D eigenvalue weighted by Crippen LogP contribution is -2.17. The average Bonchev–Trinajstić information content (AvgIpc) is 2.97. The van der Waals surface area contributed by atoms with Crippen molar-refractivity contribution in [2.24, 2.45) is 0 Å². The number of carbonyl (C=O) groups is 1. The molecule has 3 heteroatoms. The molecule has 0 aliphatic carbocycles. The Balaban J connectivity index is 1.75. The van der Waals surface area contributed by atoms with E-state index < -0.39 is 0 Å². The van der Waals surface area contributed by atoms with E-state index in [2.05, 4.69) is 34.5 Å². The van der Waals surface area contributed by atoms with Gasteiger partial charge in [0, 0.05) is 29.7 Å². The van der Waals surface area contributed by atoms with Crippen molar-refractivity contribution in [3.8, 4) is 0 Å². The fourth-order valence-electron chi connectivity index (χ4n) is 3.20. The molecule has 0 spiro atoms. The van der Waals surface area contributed by atoms with E-state index in [1.165, 1.54) is 5.56 Å². The van der Waals surface area contributed by atoms with Gasteiger partial charge in [-0.1, -0.05) is 60.7 Å². The molecule has 0 saturated heterocycles. The monoisotopic (exact) mass is 340 g/mol. The number of hydrogen-bond acceptors (Lipinski definition) is 2. The Bertz CT molecular complexity index is 962. The Morgan fingerprint density at radius 1 is 0.923 bits per heavy atom. The maximum Gasteiger partial charge on any atom is 0.257 e. The number of benzene rings is 3. The lowest BCUT2D eigenvalue weighted by Gasteiger charge is -2.21. The van der Waals surface area contributed by atoms with E-state index >= 15 is 0 Å². The van der Waals surface area contributed by atoms with Crippen LogP contribution in [0.3, 0.4) is 0 Å². The highest BCUT2D eigenvalue weighted by Gasteiger charge is 2.25. The van der Waals surface area contributed by atoms with Gasteiger partial charge in [-0.15, -0.1) is 0 Å². The number of rotatable bonds is 4. The minimum absolute atomic E-state index is 0.0559. The second-order valence-electron chi connectivity index (χ2n) is 6.49. The van der Waals surface area contributed by atoms with Gasteiger partial charge in [-0.2, -0.15) is 0 Å². The first-order valence-corrected chi connectivity index (χ1v) is 8.70. The lowest BCUT2D eigenvalue weighted by molar-refractivity contribution is -0.110. The summed E-state index contributed by atoms with van der Waals surface area (Å²) in [4.78, 5) is 14.7. The van der Waals surface area contributed by atoms with E-state index in [-0.39, 0.29) is 5.91 Å². The van der Waals surface area contributed by atoms with Gasteiger partial charge in [0.15, 0.2) is 0 Å². The molecule has 0 bridgehead atoms. The summed E-state index contributed by atoms with van der Waals surface area (Å²) in [6.45, 7) is 2.72. The average molecular weight is 340 g/mol. The van der Waals surface area contributed by atoms with Gasteiger partial charge in [-0.3, -0.25) is 4.79 Å². The molecular weight excluding hydrogens is 320 g/mol. The third-order valence-electron chi connectivity index (χ3n) is 4.53. The Hall–Kier alpha value is -3.33. The first kappa shape index (κ1) is 16.2. The minimum Gasteiger partial charge on any atom is -0.343 e. The maximum atomic E-state index is 12.6. The van der Waals surface area contributed by atoms with Crippen molar-refractivity contribution in [2.75, 3.05) is 10.2 Å². The van der Waals surface area contributed by atoms with Crippen molar-refractivity contribution in [1.82, 2.24) is 0 Å². The predicted molar refractivity (Wildman–Crippen MR) is 107 cm³/mol. The van der Waals surface area contributed by atoms with Gasteiger partial charge >= 0.3 is 0 Å². The van der Waals surface area contributed by atoms with Crippen LogP contribution in [0, 0.1) is 6.92 Å². The standard InChI is InChI=1S/C23H20N2O/c1-17-12-13-20-21(23(26)24-22(20)14-17)16-25(19-10-6-3-7-11-19)15-18-8-4-2-5-9-18/h2-14,16H,15H2,1H3,(H,24,26)/b21-16+. The van der Waals surface area contributed by atoms with Gasteiger partial charge in [0.1, 0.15) is 0 Å². The van der Waals surface area contributed by atoms with Crippen LogP contribution in [0.25, 0.3) is 5.57 Å². The van der Waals surface area contributed by atoms with Crippen molar-refractivity contribution in [3.05, 3.63) is 102 Å². The molecule has 0 atom stereocenters. The van der Waals surface area contributed by atoms with E-state index in [0.717, 1.165) is 22.5 Å². The van der Waals surface area contributed by atoms with E-state index in [1.807, 2.05) is 67.7 Å². The molecule has 26 heavy (non-hydrogen) atoms. The van der Waals surface area contributed by atoms with Crippen molar-refractivity contribution >= 4 is 22.9 Å². The summed E-state index contributed by atoms with van der Waals surface area (Å²) in [5.74, 6) is -0.0559. The zero-order chi connectivity index (χ0) is 17.9. The summed E-state index contributed by atoms with van der Waals surface area (Å²) in [6.07, 6.45) is 1.96. The lowest BCUT2D eigenvalue weighted by atomic mass is 10.1. The molecule has 128 valence electrons. The van der Waals surface area contributed by atoms with Crippen LogP contribution >= 0.6 is 0 Å². The Morgan fingerprint density at radius 3 is 2.35 bits per heavy atom. The van der Waals surface area contributed by atoms with Gasteiger partial charge in [0.2, 0.25) is 0 Å². The van der Waals surface area contributed by atoms with Crippen LogP contribution in [-0.2, 0) is 11.3 Å². The number of anilines is 2. The van der Waals surface area contributed by atoms with Gasteiger partial charge in [0.25, 0.3) is 5.91 Å². The van der Waals surface area contributed by atoms with Crippen LogP contribution in [0.2, 0.25) is 0 Å². The molecule has 3 aromatic carbocycles. The van der Waals surface area contributed by atoms with E-state index in [4.69, 9.17) is 0 Å². The van der Waals surface area contributed by atoms with Gasteiger partial charge in [0.05, 0.1) is 5.57 Å². The fraction of sp³-hybridized carbons (Fsp3) is 0.0870. The number of nitrogens with one attached hydrogen (secondary N) is 1. The van der Waals surface area contributed by atoms with E-state index in [0.29, 0.717) is 12.1 Å². The molecule has 1 N–H and O–H groups in total. The number of aryl methyl sites for hydroxylation is 1. The summed E-state index contributed by atoms with van der Waals surface area (Å²) in [6, 6.07) is 26.5. The summed E-state index contributed by atoms with van der Waals surface area (Å²) in [5.41, 5.74) is 5.91. The molecule has 1 amide bonds. The third kappa shape index (κ3) is 3.24. The Labute approximate surface area is 153 Å². The largest absolute Gasteiger partial charge is 0.343 e. The smallest absolute Gasteiger partial charge is 0.257 e. The van der Waals surface area contributed by atoms with E-state index in [9.17, 15) is 4.79 Å². The molecule has 1 aliphatic heterocycles. The zero-order valence-electron chi connectivity index (χ0n) is 14.6. The van der Waals surface area contributed by atoms with Crippen LogP contribution in [0.15, 0.2) is 85.1 Å². The highest BCUT2D eigenvalue weighted by molar-refractivity contribution is 6.31. The molecule has 1 heterocycles. The van der Waals surface area contributed by atoms with Crippen LogP contribution in [0.1, 0.15) is 16.7 Å². The van der Waals surface area contributed by atoms with Gasteiger partial charge in [-0.25, -0.2) is 0 Å². The molecule has 0 aromatic heterocycles. The SMILES string of the molecule is Cc1ccc2c(c1)NC(=O)/C2=C/N(Cc1ccccc1)c1ccccc1. The number of amides is 1. The Kier molecular flexibility index (Phi) is 4.28. The molecule has 1 aliphatic rings. The topological polar surface area (TPSA) is 32.3 Å². The van der Waals surface area contributed by atoms with Crippen LogP contribution in [0.4, 0.5) is 11.4 Å². The van der Waals surface area contributed by atoms with Gasteiger partial charge in [-0.05, 0) is 36.2 Å². The van der Waals surface area contributed by atoms with Crippen molar-refractivity contribution in [3.63, 3.8) is 0 Å². The molecule has 3 nitrogen and oxygen atoms in total. The third-order valence-corrected chi connectivity index (χ3v) is 4.53. The summed E-state index contributed by atoms with van der Waals surface area (Å²) >= 11 is 0. The van der Waals surface area contributed by atoms with Crippen molar-refractivity contribution in [1.29, 1.82) is 0 Å². The number of fused-ring (bicyclic) bond motifs is 1. The number of nitrogens with zero attached hydrogens (tertiary/aromatic N) is 1. The van der Waals surface area contributed by atoms with Crippen molar-refractivity contribution in [2.45, 2.75) is 13.5 Å². The van der Waals surface area contributed by atoms with Crippen LogP contribution in [0.5, 0.6) is 0 Å². The molecule has 0 fully saturated rings. The fourth-order valence-corrected chi connectivity index (χ4v) is 3.20. The second-order valence-corrected chi connectivity index (χ2v) is 6.49. The van der Waals surface area contributed by atoms with Gasteiger partial charge < -0.3 is 10.2 Å². The molecule has 4 rings (SSSR count). The molecule has 0 saturated carbocycles. The molecular formula is C23H20N2O. The summed E-state index contributed by atoms with van der Waals surface area (Å²) < 4.78 is 0. The predicted octanol–water partition coefficient (Wildman–Crippen LogP) is 4.99. The first-order chi connectivity index (χ1) is 12.7. The summed E-state index contributed by atoms with van der Waals surface area (Å²) in [5, 5.41) is 2.98. The second kappa shape index (κ2) is 6.89. The molecule has 0 radical (unpaired) electrons. The zero-order valence-corrected chi connectivity index (χ0v) is 14.6. The first-order valence-electron chi connectivity index (χ1n) is 8.70. The quantitative estimate of drug-likeness (QED) is 0.678. The van der Waals surface area contributed by atoms with Crippen LogP contribution < -0.4 is 10.2 Å². The highest BCUT2D eigenvalue weighted by Crippen LogP contribution is 2.33. The van der Waals surface area contributed by atoms with E-state index in [1.54, 1.807) is 0 Å². The minimum atomic E-state index is -0.0559. The normalized spacial score (nSPS) is 14.2. The summed E-state index contributed by atoms with van der Waals surface area (Å²) in [7, 11) is 0. The number of hydrogen-bond donors (Lipinski definition) is 1. The number of carbonyl (C=O) groups excluding carboxylic acids is 1. The van der Waals surface area contributed by atoms with Crippen LogP contribution in [-0.4, -0.2) is 5.91 Å². The molecule has 0 unspecified atom stereocenters. The van der Waals surface area contributed by atoms with Crippen molar-refractivity contribution < 1.29 is 4.79 Å². The highest BCUT2D eigenvalue weighted by atomic mass is 16.2. The Morgan fingerprint density at radius 2 is 1.62 bits per heavy atom.